The van der Waals surface area contributed by atoms with Crippen molar-refractivity contribution < 1.29 is 19.2 Å². The molecular formula is C13H16N2O5. The molecule has 1 aromatic heterocycles. The Hall–Kier alpha value is -2.18. The third-order valence-electron chi connectivity index (χ3n) is 3.42. The van der Waals surface area contributed by atoms with Crippen molar-refractivity contribution in [2.75, 3.05) is 13.7 Å². The summed E-state index contributed by atoms with van der Waals surface area (Å²) in [7, 11) is 1.22. The summed E-state index contributed by atoms with van der Waals surface area (Å²) in [5.74, 6) is -0.140. The molecule has 0 aromatic carbocycles. The molecule has 0 atom stereocenters. The average molecular weight is 280 g/mol. The van der Waals surface area contributed by atoms with Gasteiger partial charge < -0.3 is 9.47 Å². The van der Waals surface area contributed by atoms with Crippen LogP contribution in [0.2, 0.25) is 0 Å². The van der Waals surface area contributed by atoms with Gasteiger partial charge in [0, 0.05) is 6.07 Å². The van der Waals surface area contributed by atoms with Crippen molar-refractivity contribution in [3.05, 3.63) is 27.9 Å². The number of hydrogen-bond acceptors (Lipinski definition) is 6. The summed E-state index contributed by atoms with van der Waals surface area (Å²) in [4.78, 5) is 25.6. The molecular weight excluding hydrogens is 264 g/mol. The molecule has 0 unspecified atom stereocenters. The lowest BCUT2D eigenvalue weighted by Crippen LogP contribution is -2.15. The van der Waals surface area contributed by atoms with Crippen LogP contribution in [0, 0.1) is 16.0 Å². The van der Waals surface area contributed by atoms with E-state index in [-0.39, 0.29) is 17.3 Å². The second kappa shape index (κ2) is 6.31. The van der Waals surface area contributed by atoms with Gasteiger partial charge in [-0.1, -0.05) is 19.3 Å². The maximum atomic E-state index is 11.4. The Morgan fingerprint density at radius 1 is 1.50 bits per heavy atom. The quantitative estimate of drug-likeness (QED) is 0.451. The lowest BCUT2D eigenvalue weighted by Gasteiger charge is -2.24. The third kappa shape index (κ3) is 3.23. The van der Waals surface area contributed by atoms with Crippen LogP contribution in [0.5, 0.6) is 5.88 Å². The molecule has 0 saturated heterocycles. The van der Waals surface area contributed by atoms with Gasteiger partial charge in [0.15, 0.2) is 5.69 Å². The molecule has 2 rings (SSSR count). The van der Waals surface area contributed by atoms with Crippen molar-refractivity contribution in [1.82, 2.24) is 4.98 Å². The number of aromatic nitrogens is 1. The minimum absolute atomic E-state index is 0.00301. The van der Waals surface area contributed by atoms with Crippen molar-refractivity contribution in [2.45, 2.75) is 25.7 Å². The largest absolute Gasteiger partial charge is 0.473 e. The summed E-state index contributed by atoms with van der Waals surface area (Å²) < 4.78 is 9.91. The fraction of sp³-hybridized carbons (Fsp3) is 0.538. The van der Waals surface area contributed by atoms with Crippen LogP contribution in [0.4, 0.5) is 5.69 Å². The van der Waals surface area contributed by atoms with E-state index < -0.39 is 10.9 Å². The van der Waals surface area contributed by atoms with Crippen LogP contribution >= 0.6 is 0 Å². The zero-order valence-electron chi connectivity index (χ0n) is 11.2. The molecule has 0 spiro atoms. The smallest absolute Gasteiger partial charge is 0.356 e. The molecule has 1 heterocycles. The summed E-state index contributed by atoms with van der Waals surface area (Å²) in [5.41, 5.74) is -0.247. The van der Waals surface area contributed by atoms with Gasteiger partial charge in [0.05, 0.1) is 18.6 Å². The molecule has 1 saturated carbocycles. The highest BCUT2D eigenvalue weighted by molar-refractivity contribution is 5.87. The second-order valence-corrected chi connectivity index (χ2v) is 4.70. The number of esters is 1. The van der Waals surface area contributed by atoms with Gasteiger partial charge in [0.1, 0.15) is 0 Å². The molecule has 1 aromatic rings. The van der Waals surface area contributed by atoms with Gasteiger partial charge in [-0.2, -0.15) is 0 Å². The Balaban J connectivity index is 2.08. The molecule has 7 nitrogen and oxygen atoms in total. The first-order valence-corrected chi connectivity index (χ1v) is 6.48. The van der Waals surface area contributed by atoms with Gasteiger partial charge in [-0.15, -0.1) is 0 Å². The van der Waals surface area contributed by atoms with Gasteiger partial charge >= 0.3 is 11.7 Å². The summed E-state index contributed by atoms with van der Waals surface area (Å²) in [6.07, 6.45) is 4.45. The Kier molecular flexibility index (Phi) is 4.49. The SMILES string of the molecule is COC(=O)c1ccc([N+](=O)[O-])c(OCCC2CCC2)n1. The van der Waals surface area contributed by atoms with Crippen molar-refractivity contribution in [3.8, 4) is 5.88 Å². The number of hydrogen-bond donors (Lipinski definition) is 0. The molecule has 7 heteroatoms. The minimum Gasteiger partial charge on any atom is -0.473 e. The lowest BCUT2D eigenvalue weighted by molar-refractivity contribution is -0.386. The van der Waals surface area contributed by atoms with Crippen LogP contribution in [-0.4, -0.2) is 29.6 Å². The van der Waals surface area contributed by atoms with Gasteiger partial charge in [-0.25, -0.2) is 9.78 Å². The fourth-order valence-electron chi connectivity index (χ4n) is 2.00. The second-order valence-electron chi connectivity index (χ2n) is 4.70. The first kappa shape index (κ1) is 14.2. The van der Waals surface area contributed by atoms with E-state index in [4.69, 9.17) is 4.74 Å². The number of pyridine rings is 1. The van der Waals surface area contributed by atoms with E-state index in [0.717, 1.165) is 6.42 Å². The molecule has 0 N–H and O–H groups in total. The summed E-state index contributed by atoms with van der Waals surface area (Å²) in [6, 6.07) is 2.46. The first-order chi connectivity index (χ1) is 9.61. The minimum atomic E-state index is -0.649. The number of carbonyl (C=O) groups is 1. The normalized spacial score (nSPS) is 14.4. The summed E-state index contributed by atoms with van der Waals surface area (Å²) >= 11 is 0. The molecule has 0 radical (unpaired) electrons. The van der Waals surface area contributed by atoms with Gasteiger partial charge in [0.25, 0.3) is 5.88 Å². The molecule has 1 aliphatic carbocycles. The van der Waals surface area contributed by atoms with E-state index in [1.54, 1.807) is 0 Å². The van der Waals surface area contributed by atoms with Crippen molar-refractivity contribution in [2.24, 2.45) is 5.92 Å². The molecule has 0 amide bonds. The average Bonchev–Trinajstić information content (AvgIpc) is 2.40. The van der Waals surface area contributed by atoms with E-state index in [1.165, 1.54) is 38.5 Å². The molecule has 0 bridgehead atoms. The number of rotatable bonds is 6. The van der Waals surface area contributed by atoms with Gasteiger partial charge in [-0.05, 0) is 18.4 Å². The van der Waals surface area contributed by atoms with E-state index in [0.29, 0.717) is 12.5 Å². The van der Waals surface area contributed by atoms with E-state index in [9.17, 15) is 14.9 Å². The highest BCUT2D eigenvalue weighted by atomic mass is 16.6. The third-order valence-corrected chi connectivity index (χ3v) is 3.42. The van der Waals surface area contributed by atoms with Crippen molar-refractivity contribution in [3.63, 3.8) is 0 Å². The summed E-state index contributed by atoms with van der Waals surface area (Å²) in [5, 5.41) is 10.9. The molecule has 1 fully saturated rings. The molecule has 20 heavy (non-hydrogen) atoms. The van der Waals surface area contributed by atoms with Crippen LogP contribution in [0.15, 0.2) is 12.1 Å². The first-order valence-electron chi connectivity index (χ1n) is 6.48. The van der Waals surface area contributed by atoms with Crippen LogP contribution in [-0.2, 0) is 4.74 Å². The molecule has 1 aliphatic rings. The molecule has 108 valence electrons. The number of nitro groups is 1. The highest BCUT2D eigenvalue weighted by Crippen LogP contribution is 2.30. The lowest BCUT2D eigenvalue weighted by atomic mass is 9.83. The Bertz CT molecular complexity index is 513. The van der Waals surface area contributed by atoms with Crippen LogP contribution < -0.4 is 4.74 Å². The Labute approximate surface area is 116 Å². The van der Waals surface area contributed by atoms with Gasteiger partial charge in [0.2, 0.25) is 0 Å². The monoisotopic (exact) mass is 280 g/mol. The number of ether oxygens (including phenoxy) is 2. The number of nitrogens with zero attached hydrogens (tertiary/aromatic N) is 2. The van der Waals surface area contributed by atoms with Crippen LogP contribution in [0.1, 0.15) is 36.2 Å². The molecule has 0 aliphatic heterocycles. The van der Waals surface area contributed by atoms with Crippen molar-refractivity contribution >= 4 is 11.7 Å². The number of carbonyl (C=O) groups excluding carboxylic acids is 1. The van der Waals surface area contributed by atoms with E-state index in [2.05, 4.69) is 9.72 Å². The Morgan fingerprint density at radius 2 is 2.25 bits per heavy atom. The predicted molar refractivity (Wildman–Crippen MR) is 69.7 cm³/mol. The van der Waals surface area contributed by atoms with E-state index in [1.807, 2.05) is 0 Å². The zero-order chi connectivity index (χ0) is 14.5. The number of methoxy groups -OCH3 is 1. The van der Waals surface area contributed by atoms with Gasteiger partial charge in [-0.3, -0.25) is 10.1 Å². The van der Waals surface area contributed by atoms with Crippen LogP contribution in [0.3, 0.4) is 0 Å². The predicted octanol–water partition coefficient (Wildman–Crippen LogP) is 2.35. The zero-order valence-corrected chi connectivity index (χ0v) is 11.2. The van der Waals surface area contributed by atoms with Crippen LogP contribution in [0.25, 0.3) is 0 Å². The maximum Gasteiger partial charge on any atom is 0.356 e. The Morgan fingerprint density at radius 3 is 2.80 bits per heavy atom. The standard InChI is InChI=1S/C13H16N2O5/c1-19-13(16)10-5-6-11(15(17)18)12(14-10)20-8-7-9-3-2-4-9/h5-6,9H,2-4,7-8H2,1H3. The highest BCUT2D eigenvalue weighted by Gasteiger charge is 2.22. The summed E-state index contributed by atoms with van der Waals surface area (Å²) in [6.45, 7) is 0.364. The van der Waals surface area contributed by atoms with Crippen molar-refractivity contribution in [1.29, 1.82) is 0 Å². The fourth-order valence-corrected chi connectivity index (χ4v) is 2.00. The maximum absolute atomic E-state index is 11.4. The topological polar surface area (TPSA) is 91.6 Å². The van der Waals surface area contributed by atoms with E-state index >= 15 is 0 Å².